The number of piperazine rings is 1. The van der Waals surface area contributed by atoms with Gasteiger partial charge in [0.15, 0.2) is 0 Å². The molecule has 0 unspecified atom stereocenters. The maximum atomic E-state index is 12.6. The van der Waals surface area contributed by atoms with Crippen molar-refractivity contribution in [1.29, 1.82) is 0 Å². The van der Waals surface area contributed by atoms with Gasteiger partial charge in [-0.05, 0) is 25.0 Å². The van der Waals surface area contributed by atoms with Crippen LogP contribution in [0.15, 0.2) is 18.3 Å². The molecule has 3 rings (SSSR count). The minimum atomic E-state index is -4.40. The second-order valence-corrected chi connectivity index (χ2v) is 6.97. The Morgan fingerprint density at radius 2 is 1.78 bits per heavy atom. The molecule has 1 aromatic rings. The topological polar surface area (TPSA) is 65.5 Å². The molecule has 1 aliphatic carbocycles. The predicted molar refractivity (Wildman–Crippen MR) is 93.0 cm³/mol. The van der Waals surface area contributed by atoms with Crippen LogP contribution >= 0.6 is 0 Å². The fraction of sp³-hybridized carbons (Fsp3) is 0.611. The van der Waals surface area contributed by atoms with E-state index in [1.165, 1.54) is 6.07 Å². The molecule has 2 amide bonds. The van der Waals surface area contributed by atoms with Crippen molar-refractivity contribution in [3.05, 3.63) is 23.9 Å². The molecule has 6 nitrogen and oxygen atoms in total. The average molecular weight is 384 g/mol. The van der Waals surface area contributed by atoms with Crippen LogP contribution < -0.4 is 10.2 Å². The van der Waals surface area contributed by atoms with Crippen molar-refractivity contribution in [3.8, 4) is 0 Å². The minimum absolute atomic E-state index is 0.00609. The van der Waals surface area contributed by atoms with Gasteiger partial charge in [-0.2, -0.15) is 13.2 Å². The quantitative estimate of drug-likeness (QED) is 0.863. The number of carbonyl (C=O) groups is 2. The Bertz CT molecular complexity index is 664. The number of pyridine rings is 1. The molecule has 0 atom stereocenters. The molecule has 1 aromatic heterocycles. The van der Waals surface area contributed by atoms with Gasteiger partial charge in [0.25, 0.3) is 0 Å². The zero-order chi connectivity index (χ0) is 19.4. The summed E-state index contributed by atoms with van der Waals surface area (Å²) in [4.78, 5) is 31.7. The van der Waals surface area contributed by atoms with E-state index in [0.717, 1.165) is 37.9 Å². The zero-order valence-corrected chi connectivity index (χ0v) is 15.0. The molecular formula is C18H23F3N4O2. The molecule has 0 bridgehead atoms. The van der Waals surface area contributed by atoms with E-state index in [0.29, 0.717) is 32.0 Å². The Morgan fingerprint density at radius 3 is 2.33 bits per heavy atom. The van der Waals surface area contributed by atoms with Gasteiger partial charge in [-0.1, -0.05) is 12.8 Å². The largest absolute Gasteiger partial charge is 0.417 e. The molecular weight excluding hydrogens is 361 g/mol. The molecule has 2 aliphatic rings. The second kappa shape index (κ2) is 8.14. The van der Waals surface area contributed by atoms with Gasteiger partial charge in [-0.25, -0.2) is 4.98 Å². The number of hydrogen-bond acceptors (Lipinski definition) is 4. The van der Waals surface area contributed by atoms with Crippen LogP contribution in [0.4, 0.5) is 19.0 Å². The van der Waals surface area contributed by atoms with Crippen LogP contribution in [0.25, 0.3) is 0 Å². The lowest BCUT2D eigenvalue weighted by atomic mass is 10.1. The van der Waals surface area contributed by atoms with Crippen molar-refractivity contribution >= 4 is 17.6 Å². The predicted octanol–water partition coefficient (Wildman–Crippen LogP) is 2.06. The van der Waals surface area contributed by atoms with Gasteiger partial charge in [0.1, 0.15) is 5.82 Å². The van der Waals surface area contributed by atoms with E-state index in [9.17, 15) is 22.8 Å². The van der Waals surface area contributed by atoms with Gasteiger partial charge >= 0.3 is 6.18 Å². The van der Waals surface area contributed by atoms with Crippen LogP contribution in [0.5, 0.6) is 0 Å². The molecule has 1 N–H and O–H groups in total. The number of nitrogens with zero attached hydrogens (tertiary/aromatic N) is 3. The van der Waals surface area contributed by atoms with E-state index >= 15 is 0 Å². The first-order valence-corrected chi connectivity index (χ1v) is 9.18. The van der Waals surface area contributed by atoms with Crippen molar-refractivity contribution in [2.24, 2.45) is 5.92 Å². The number of carbonyl (C=O) groups excluding carboxylic acids is 2. The minimum Gasteiger partial charge on any atom is -0.353 e. The fourth-order valence-corrected chi connectivity index (χ4v) is 3.53. The fourth-order valence-electron chi connectivity index (χ4n) is 3.53. The number of halogens is 3. The Labute approximate surface area is 155 Å². The van der Waals surface area contributed by atoms with Crippen LogP contribution in [0, 0.1) is 5.92 Å². The van der Waals surface area contributed by atoms with Gasteiger partial charge < -0.3 is 15.1 Å². The van der Waals surface area contributed by atoms with E-state index in [-0.39, 0.29) is 24.3 Å². The lowest BCUT2D eigenvalue weighted by molar-refractivity contribution is -0.137. The first-order chi connectivity index (χ1) is 12.8. The molecule has 0 spiro atoms. The van der Waals surface area contributed by atoms with E-state index in [1.807, 2.05) is 4.90 Å². The van der Waals surface area contributed by atoms with Crippen LogP contribution in [0.1, 0.15) is 31.2 Å². The summed E-state index contributed by atoms with van der Waals surface area (Å²) in [7, 11) is 0. The summed E-state index contributed by atoms with van der Waals surface area (Å²) in [5.41, 5.74) is -0.780. The summed E-state index contributed by atoms with van der Waals surface area (Å²) in [6.07, 6.45) is 0.320. The summed E-state index contributed by atoms with van der Waals surface area (Å²) in [6, 6.07) is 2.36. The highest BCUT2D eigenvalue weighted by Gasteiger charge is 2.31. The molecule has 1 saturated heterocycles. The normalized spacial score (nSPS) is 18.6. The first kappa shape index (κ1) is 19.4. The van der Waals surface area contributed by atoms with Crippen LogP contribution in [0.2, 0.25) is 0 Å². The number of alkyl halides is 3. The first-order valence-electron chi connectivity index (χ1n) is 9.18. The number of hydrogen-bond donors (Lipinski definition) is 1. The van der Waals surface area contributed by atoms with Gasteiger partial charge in [0.2, 0.25) is 11.8 Å². The molecule has 148 valence electrons. The Kier molecular flexibility index (Phi) is 5.86. The number of anilines is 1. The van der Waals surface area contributed by atoms with Crippen molar-refractivity contribution < 1.29 is 22.8 Å². The molecule has 9 heteroatoms. The summed E-state index contributed by atoms with van der Waals surface area (Å²) in [5, 5.41) is 2.72. The van der Waals surface area contributed by atoms with Crippen molar-refractivity contribution in [1.82, 2.24) is 15.2 Å². The van der Waals surface area contributed by atoms with Gasteiger partial charge in [0.05, 0.1) is 12.1 Å². The van der Waals surface area contributed by atoms with Crippen molar-refractivity contribution in [3.63, 3.8) is 0 Å². The van der Waals surface area contributed by atoms with Gasteiger partial charge in [-0.15, -0.1) is 0 Å². The molecule has 1 aliphatic heterocycles. The lowest BCUT2D eigenvalue weighted by Crippen LogP contribution is -2.51. The van der Waals surface area contributed by atoms with Crippen LogP contribution in [0.3, 0.4) is 0 Å². The Balaban J connectivity index is 1.45. The Hall–Kier alpha value is -2.32. The van der Waals surface area contributed by atoms with Crippen molar-refractivity contribution in [2.45, 2.75) is 31.9 Å². The Morgan fingerprint density at radius 1 is 1.11 bits per heavy atom. The highest BCUT2D eigenvalue weighted by atomic mass is 19.4. The molecule has 27 heavy (non-hydrogen) atoms. The third-order valence-corrected chi connectivity index (χ3v) is 5.17. The molecule has 1 saturated carbocycles. The standard InChI is InChI=1S/C18H23F3N4O2/c19-18(20,21)14-5-6-15(22-11-14)24-7-9-25(10-8-24)16(26)12-23-17(27)13-3-1-2-4-13/h5-6,11,13H,1-4,7-10,12H2,(H,23,27). The smallest absolute Gasteiger partial charge is 0.353 e. The van der Waals surface area contributed by atoms with Gasteiger partial charge in [0, 0.05) is 38.3 Å². The summed E-state index contributed by atoms with van der Waals surface area (Å²) < 4.78 is 37.8. The third-order valence-electron chi connectivity index (χ3n) is 5.17. The number of aromatic nitrogens is 1. The monoisotopic (exact) mass is 384 g/mol. The third kappa shape index (κ3) is 4.90. The summed E-state index contributed by atoms with van der Waals surface area (Å²) in [6.45, 7) is 1.86. The maximum Gasteiger partial charge on any atom is 0.417 e. The number of nitrogens with one attached hydrogen (secondary N) is 1. The summed E-state index contributed by atoms with van der Waals surface area (Å²) >= 11 is 0. The number of rotatable bonds is 4. The maximum absolute atomic E-state index is 12.6. The molecule has 2 fully saturated rings. The van der Waals surface area contributed by atoms with E-state index in [1.54, 1.807) is 4.90 Å². The van der Waals surface area contributed by atoms with E-state index < -0.39 is 11.7 Å². The highest BCUT2D eigenvalue weighted by Crippen LogP contribution is 2.29. The lowest BCUT2D eigenvalue weighted by Gasteiger charge is -2.35. The molecule has 0 aromatic carbocycles. The van der Waals surface area contributed by atoms with Crippen molar-refractivity contribution in [2.75, 3.05) is 37.6 Å². The van der Waals surface area contributed by atoms with E-state index in [4.69, 9.17) is 0 Å². The highest BCUT2D eigenvalue weighted by molar-refractivity contribution is 5.86. The van der Waals surface area contributed by atoms with Gasteiger partial charge in [-0.3, -0.25) is 9.59 Å². The molecule has 2 heterocycles. The van der Waals surface area contributed by atoms with E-state index in [2.05, 4.69) is 10.3 Å². The molecule has 0 radical (unpaired) electrons. The number of amides is 2. The summed E-state index contributed by atoms with van der Waals surface area (Å²) in [5.74, 6) is 0.305. The SMILES string of the molecule is O=C(NCC(=O)N1CCN(c2ccc(C(F)(F)F)cn2)CC1)C1CCCC1. The van der Waals surface area contributed by atoms with Crippen LogP contribution in [-0.4, -0.2) is 54.4 Å². The zero-order valence-electron chi connectivity index (χ0n) is 15.0. The van der Waals surface area contributed by atoms with Crippen LogP contribution in [-0.2, 0) is 15.8 Å². The second-order valence-electron chi connectivity index (χ2n) is 6.97. The average Bonchev–Trinajstić information content (AvgIpc) is 3.20.